The van der Waals surface area contributed by atoms with Gasteiger partial charge in [-0.3, -0.25) is 0 Å². The molecule has 1 fully saturated rings. The number of likely N-dealkylation sites (N-methyl/N-ethyl adjacent to an activating group) is 1. The molecule has 21 heavy (non-hydrogen) atoms. The van der Waals surface area contributed by atoms with Gasteiger partial charge in [-0.25, -0.2) is 9.97 Å². The Morgan fingerprint density at radius 1 is 1.29 bits per heavy atom. The van der Waals surface area contributed by atoms with Crippen molar-refractivity contribution < 1.29 is 5.11 Å². The Morgan fingerprint density at radius 3 is 2.52 bits per heavy atom. The van der Waals surface area contributed by atoms with E-state index in [1.807, 2.05) is 13.8 Å². The highest BCUT2D eigenvalue weighted by atomic mass is 32.2. The van der Waals surface area contributed by atoms with Gasteiger partial charge in [-0.15, -0.1) is 0 Å². The molecule has 1 aliphatic carbocycles. The highest BCUT2D eigenvalue weighted by Gasteiger charge is 2.35. The molecule has 0 amide bonds. The van der Waals surface area contributed by atoms with Crippen LogP contribution in [0.2, 0.25) is 0 Å². The monoisotopic (exact) mass is 309 g/mol. The van der Waals surface area contributed by atoms with Crippen molar-refractivity contribution in [3.63, 3.8) is 0 Å². The zero-order chi connectivity index (χ0) is 15.5. The number of thioether (sulfide) groups is 1. The molecule has 2 rings (SSSR count). The fourth-order valence-corrected chi connectivity index (χ4v) is 4.45. The van der Waals surface area contributed by atoms with E-state index < -0.39 is 0 Å². The Hall–Kier alpha value is -0.650. The highest BCUT2D eigenvalue weighted by Crippen LogP contribution is 2.37. The smallest absolute Gasteiger partial charge is 0.188 e. The Bertz CT molecular complexity index is 467. The van der Waals surface area contributed by atoms with Crippen LogP contribution in [0.15, 0.2) is 5.16 Å². The van der Waals surface area contributed by atoms with E-state index >= 15 is 0 Å². The van der Waals surface area contributed by atoms with Crippen molar-refractivity contribution >= 4 is 11.8 Å². The van der Waals surface area contributed by atoms with Crippen LogP contribution in [0.4, 0.5) is 0 Å². The first kappa shape index (κ1) is 16.7. The molecule has 118 valence electrons. The Kier molecular flexibility index (Phi) is 5.63. The van der Waals surface area contributed by atoms with E-state index in [-0.39, 0.29) is 12.1 Å². The van der Waals surface area contributed by atoms with Gasteiger partial charge in [-0.2, -0.15) is 0 Å². The minimum absolute atomic E-state index is 0.112. The number of hydrogen-bond donors (Lipinski definition) is 2. The minimum Gasteiger partial charge on any atom is -0.394 e. The Labute approximate surface area is 132 Å². The topological polar surface area (TPSA) is 58.0 Å². The van der Waals surface area contributed by atoms with Gasteiger partial charge in [0.15, 0.2) is 5.16 Å². The summed E-state index contributed by atoms with van der Waals surface area (Å²) in [5.74, 6) is 0. The number of aromatic nitrogens is 2. The van der Waals surface area contributed by atoms with Gasteiger partial charge in [-0.05, 0) is 52.1 Å². The van der Waals surface area contributed by atoms with Crippen molar-refractivity contribution in [2.45, 2.75) is 69.3 Å². The number of nitrogens with zero attached hydrogens (tertiary/aromatic N) is 2. The molecule has 2 atom stereocenters. The van der Waals surface area contributed by atoms with Gasteiger partial charge in [0.25, 0.3) is 0 Å². The van der Waals surface area contributed by atoms with E-state index in [0.29, 0.717) is 5.25 Å². The SMILES string of the molecule is CCNC1(CO)CCCC(Sc2nc(C)c(C)c(C)n2)C1. The second-order valence-corrected chi connectivity index (χ2v) is 7.37. The lowest BCUT2D eigenvalue weighted by Gasteiger charge is -2.40. The van der Waals surface area contributed by atoms with Crippen LogP contribution in [0.1, 0.15) is 49.6 Å². The number of aliphatic hydroxyl groups excluding tert-OH is 1. The van der Waals surface area contributed by atoms with Crippen LogP contribution in [0.5, 0.6) is 0 Å². The van der Waals surface area contributed by atoms with Crippen LogP contribution >= 0.6 is 11.8 Å². The molecule has 0 bridgehead atoms. The summed E-state index contributed by atoms with van der Waals surface area (Å²) in [6.07, 6.45) is 4.36. The summed E-state index contributed by atoms with van der Waals surface area (Å²) in [4.78, 5) is 9.23. The molecule has 4 nitrogen and oxygen atoms in total. The van der Waals surface area contributed by atoms with E-state index in [2.05, 4.69) is 29.1 Å². The van der Waals surface area contributed by atoms with Gasteiger partial charge in [-0.1, -0.05) is 25.1 Å². The predicted octanol–water partition coefficient (Wildman–Crippen LogP) is 2.78. The van der Waals surface area contributed by atoms with Gasteiger partial charge < -0.3 is 10.4 Å². The maximum atomic E-state index is 9.78. The lowest BCUT2D eigenvalue weighted by atomic mass is 9.82. The van der Waals surface area contributed by atoms with E-state index in [9.17, 15) is 5.11 Å². The minimum atomic E-state index is -0.112. The first-order chi connectivity index (χ1) is 9.99. The van der Waals surface area contributed by atoms with Crippen molar-refractivity contribution in [1.82, 2.24) is 15.3 Å². The fourth-order valence-electron chi connectivity index (χ4n) is 3.09. The van der Waals surface area contributed by atoms with E-state index in [1.54, 1.807) is 11.8 Å². The van der Waals surface area contributed by atoms with E-state index in [4.69, 9.17) is 0 Å². The molecule has 2 N–H and O–H groups in total. The molecule has 5 heteroatoms. The normalized spacial score (nSPS) is 26.0. The third kappa shape index (κ3) is 3.96. The molecule has 0 radical (unpaired) electrons. The quantitative estimate of drug-likeness (QED) is 0.819. The Balaban J connectivity index is 2.09. The lowest BCUT2D eigenvalue weighted by molar-refractivity contribution is 0.125. The van der Waals surface area contributed by atoms with Crippen LogP contribution in [0.3, 0.4) is 0 Å². The second-order valence-electron chi connectivity index (χ2n) is 6.11. The lowest BCUT2D eigenvalue weighted by Crippen LogP contribution is -2.52. The number of rotatable bonds is 5. The molecule has 1 aromatic rings. The van der Waals surface area contributed by atoms with Crippen molar-refractivity contribution in [2.24, 2.45) is 0 Å². The summed E-state index contributed by atoms with van der Waals surface area (Å²) >= 11 is 1.77. The molecular formula is C16H27N3OS. The predicted molar refractivity (Wildman–Crippen MR) is 87.8 cm³/mol. The summed E-state index contributed by atoms with van der Waals surface area (Å²) in [6, 6.07) is 0. The fraction of sp³-hybridized carbons (Fsp3) is 0.750. The van der Waals surface area contributed by atoms with Gasteiger partial charge in [0, 0.05) is 22.2 Å². The average Bonchev–Trinajstić information content (AvgIpc) is 2.45. The van der Waals surface area contributed by atoms with Gasteiger partial charge in [0.05, 0.1) is 6.61 Å². The van der Waals surface area contributed by atoms with E-state index in [1.165, 1.54) is 12.0 Å². The number of nitrogens with one attached hydrogen (secondary N) is 1. The standard InChI is InChI=1S/C16H27N3OS/c1-5-17-16(10-20)8-6-7-14(9-16)21-15-18-12(3)11(2)13(4)19-15/h14,17,20H,5-10H2,1-4H3. The molecule has 1 heterocycles. The third-order valence-electron chi connectivity index (χ3n) is 4.54. The molecular weight excluding hydrogens is 282 g/mol. The molecule has 0 aliphatic heterocycles. The molecule has 0 aromatic carbocycles. The van der Waals surface area contributed by atoms with Crippen molar-refractivity contribution in [1.29, 1.82) is 0 Å². The van der Waals surface area contributed by atoms with Crippen molar-refractivity contribution in [2.75, 3.05) is 13.2 Å². The molecule has 2 unspecified atom stereocenters. The van der Waals surface area contributed by atoms with Crippen LogP contribution in [0, 0.1) is 20.8 Å². The molecule has 0 spiro atoms. The largest absolute Gasteiger partial charge is 0.394 e. The summed E-state index contributed by atoms with van der Waals surface area (Å²) in [6.45, 7) is 9.38. The third-order valence-corrected chi connectivity index (χ3v) is 5.67. The van der Waals surface area contributed by atoms with Crippen LogP contribution < -0.4 is 5.32 Å². The average molecular weight is 309 g/mol. The highest BCUT2D eigenvalue weighted by molar-refractivity contribution is 7.99. The van der Waals surface area contributed by atoms with Crippen LogP contribution in [-0.2, 0) is 0 Å². The van der Waals surface area contributed by atoms with E-state index in [0.717, 1.165) is 42.4 Å². The van der Waals surface area contributed by atoms with Crippen LogP contribution in [0.25, 0.3) is 0 Å². The first-order valence-corrected chi connectivity index (χ1v) is 8.72. The summed E-state index contributed by atoms with van der Waals surface area (Å²) < 4.78 is 0. The molecule has 1 saturated carbocycles. The Morgan fingerprint density at radius 2 is 1.95 bits per heavy atom. The summed E-state index contributed by atoms with van der Waals surface area (Å²) in [5.41, 5.74) is 3.21. The second kappa shape index (κ2) is 7.07. The molecule has 0 saturated heterocycles. The van der Waals surface area contributed by atoms with Crippen molar-refractivity contribution in [3.8, 4) is 0 Å². The number of aryl methyl sites for hydroxylation is 2. The van der Waals surface area contributed by atoms with Gasteiger partial charge >= 0.3 is 0 Å². The zero-order valence-electron chi connectivity index (χ0n) is 13.6. The maximum absolute atomic E-state index is 9.78. The first-order valence-electron chi connectivity index (χ1n) is 7.84. The number of aliphatic hydroxyl groups is 1. The number of hydrogen-bond acceptors (Lipinski definition) is 5. The molecule has 1 aliphatic rings. The van der Waals surface area contributed by atoms with Gasteiger partial charge in [0.1, 0.15) is 0 Å². The summed E-state index contributed by atoms with van der Waals surface area (Å²) in [5, 5.41) is 14.6. The molecule has 1 aromatic heterocycles. The van der Waals surface area contributed by atoms with Gasteiger partial charge in [0.2, 0.25) is 0 Å². The van der Waals surface area contributed by atoms with Crippen LogP contribution in [-0.4, -0.2) is 39.0 Å². The summed E-state index contributed by atoms with van der Waals surface area (Å²) in [7, 11) is 0. The zero-order valence-corrected chi connectivity index (χ0v) is 14.4. The van der Waals surface area contributed by atoms with Crippen molar-refractivity contribution in [3.05, 3.63) is 17.0 Å². The maximum Gasteiger partial charge on any atom is 0.188 e.